The topological polar surface area (TPSA) is 132 Å². The Balaban J connectivity index is 1.26. The smallest absolute Gasteiger partial charge is 0.260 e. The maximum Gasteiger partial charge on any atom is 0.260 e. The van der Waals surface area contributed by atoms with E-state index in [4.69, 9.17) is 4.74 Å². The molecule has 0 saturated carbocycles. The first-order chi connectivity index (χ1) is 18.9. The van der Waals surface area contributed by atoms with Crippen LogP contribution in [0, 0.1) is 0 Å². The molecule has 3 aromatic heterocycles. The number of carbonyl (C=O) groups excluding carboxylic acids is 1. The number of aryl methyl sites for hydroxylation is 1. The molecular weight excluding hydrogens is 518 g/mol. The van der Waals surface area contributed by atoms with Gasteiger partial charge in [0.15, 0.2) is 10.9 Å². The monoisotopic (exact) mass is 545 g/mol. The van der Waals surface area contributed by atoms with E-state index in [1.165, 1.54) is 23.7 Å². The zero-order chi connectivity index (χ0) is 27.0. The number of nitrogens with zero attached hydrogens (tertiary/aromatic N) is 6. The van der Waals surface area contributed by atoms with E-state index in [9.17, 15) is 13.2 Å². The van der Waals surface area contributed by atoms with Crippen molar-refractivity contribution in [3.05, 3.63) is 77.2 Å². The summed E-state index contributed by atoms with van der Waals surface area (Å²) in [5, 5.41) is 11.5. The number of aromatic nitrogens is 5. The molecule has 39 heavy (non-hydrogen) atoms. The first-order valence-electron chi connectivity index (χ1n) is 12.8. The van der Waals surface area contributed by atoms with E-state index in [0.717, 1.165) is 42.8 Å². The molecule has 2 aliphatic rings. The van der Waals surface area contributed by atoms with Gasteiger partial charge in [0.05, 0.1) is 12.7 Å². The molecule has 0 bridgehead atoms. The average molecular weight is 546 g/mol. The summed E-state index contributed by atoms with van der Waals surface area (Å²) in [7, 11) is -2.26. The van der Waals surface area contributed by atoms with Crippen LogP contribution < -0.4 is 10.1 Å². The molecule has 5 heterocycles. The van der Waals surface area contributed by atoms with Gasteiger partial charge in [-0.05, 0) is 66.8 Å². The van der Waals surface area contributed by atoms with Gasteiger partial charge in [0.25, 0.3) is 15.9 Å². The lowest BCUT2D eigenvalue weighted by Crippen LogP contribution is -2.36. The highest BCUT2D eigenvalue weighted by Gasteiger charge is 2.30. The molecule has 0 radical (unpaired) electrons. The molecule has 0 aliphatic carbocycles. The first kappa shape index (κ1) is 25.1. The van der Waals surface area contributed by atoms with E-state index in [1.807, 2.05) is 12.1 Å². The highest BCUT2D eigenvalue weighted by Crippen LogP contribution is 2.31. The Labute approximate surface area is 225 Å². The van der Waals surface area contributed by atoms with Gasteiger partial charge >= 0.3 is 0 Å². The van der Waals surface area contributed by atoms with Crippen LogP contribution in [0.3, 0.4) is 0 Å². The summed E-state index contributed by atoms with van der Waals surface area (Å²) in [6.07, 6.45) is 5.00. The fourth-order valence-corrected chi connectivity index (χ4v) is 6.40. The fraction of sp³-hybridized carbons (Fsp3) is 0.296. The standard InChI is InChI=1S/C27H27N7O4S/c1-38-22-16-18-11-14-33(39(36,37)25-10-2-4-12-28-25)17-19(18)15-20(22)27(35)30-23-8-6-7-21(29-23)26-32-31-24-9-3-5-13-34(24)26/h2,4,6-8,10,12,15-16H,3,5,9,11,13-14,17H2,1H3,(H,29,30,35). The number of fused-ring (bicyclic) bond motifs is 2. The lowest BCUT2D eigenvalue weighted by atomic mass is 9.97. The third kappa shape index (κ3) is 4.77. The largest absolute Gasteiger partial charge is 0.496 e. The molecule has 0 saturated heterocycles. The maximum atomic E-state index is 13.4. The van der Waals surface area contributed by atoms with Crippen molar-refractivity contribution in [2.75, 3.05) is 19.0 Å². The van der Waals surface area contributed by atoms with Gasteiger partial charge in [0.1, 0.15) is 23.1 Å². The minimum absolute atomic E-state index is 0.000161. The zero-order valence-corrected chi connectivity index (χ0v) is 22.2. The van der Waals surface area contributed by atoms with E-state index in [2.05, 4.69) is 30.0 Å². The van der Waals surface area contributed by atoms with Gasteiger partial charge in [-0.1, -0.05) is 12.1 Å². The number of carbonyl (C=O) groups is 1. The molecule has 0 unspecified atom stereocenters. The summed E-state index contributed by atoms with van der Waals surface area (Å²) < 4.78 is 35.3. The Morgan fingerprint density at radius 3 is 2.72 bits per heavy atom. The third-order valence-electron chi connectivity index (χ3n) is 7.06. The molecule has 4 aromatic rings. The molecule has 11 nitrogen and oxygen atoms in total. The summed E-state index contributed by atoms with van der Waals surface area (Å²) in [5.74, 6) is 2.00. The number of pyridine rings is 2. The average Bonchev–Trinajstić information content (AvgIpc) is 3.41. The second-order valence-corrected chi connectivity index (χ2v) is 11.4. The van der Waals surface area contributed by atoms with Crippen LogP contribution in [-0.4, -0.2) is 57.0 Å². The van der Waals surface area contributed by atoms with E-state index in [1.54, 1.807) is 30.3 Å². The maximum absolute atomic E-state index is 13.4. The van der Waals surface area contributed by atoms with E-state index in [-0.39, 0.29) is 11.6 Å². The first-order valence-corrected chi connectivity index (χ1v) is 14.2. The van der Waals surface area contributed by atoms with Crippen molar-refractivity contribution in [3.8, 4) is 17.3 Å². The molecule has 1 amide bonds. The Morgan fingerprint density at radius 2 is 1.90 bits per heavy atom. The van der Waals surface area contributed by atoms with Gasteiger partial charge in [-0.2, -0.15) is 4.31 Å². The van der Waals surface area contributed by atoms with Gasteiger partial charge in [0, 0.05) is 32.3 Å². The Kier molecular flexibility index (Phi) is 6.57. The summed E-state index contributed by atoms with van der Waals surface area (Å²) in [5.41, 5.74) is 2.60. The molecule has 12 heteroatoms. The van der Waals surface area contributed by atoms with Crippen LogP contribution in [0.15, 0.2) is 59.8 Å². The van der Waals surface area contributed by atoms with E-state index in [0.29, 0.717) is 41.6 Å². The number of hydrogen-bond acceptors (Lipinski definition) is 8. The SMILES string of the molecule is COc1cc2c(cc1C(=O)Nc1cccc(-c3nnc4n3CCCC4)n1)CN(S(=O)(=O)c1ccccn1)CC2. The van der Waals surface area contributed by atoms with Crippen molar-refractivity contribution < 1.29 is 17.9 Å². The predicted molar refractivity (Wildman–Crippen MR) is 143 cm³/mol. The summed E-state index contributed by atoms with van der Waals surface area (Å²) in [6.45, 7) is 1.28. The lowest BCUT2D eigenvalue weighted by molar-refractivity contribution is 0.102. The number of amides is 1. The van der Waals surface area contributed by atoms with Gasteiger partial charge in [0.2, 0.25) is 0 Å². The second-order valence-electron chi connectivity index (χ2n) is 9.49. The Morgan fingerprint density at radius 1 is 1.00 bits per heavy atom. The predicted octanol–water partition coefficient (Wildman–Crippen LogP) is 3.08. The molecule has 1 aromatic carbocycles. The van der Waals surface area contributed by atoms with Crippen LogP contribution in [-0.2, 0) is 36.0 Å². The highest BCUT2D eigenvalue weighted by molar-refractivity contribution is 7.89. The van der Waals surface area contributed by atoms with Gasteiger partial charge in [-0.25, -0.2) is 18.4 Å². The normalized spacial score (nSPS) is 15.3. The quantitative estimate of drug-likeness (QED) is 0.391. The number of rotatable bonds is 6. The van der Waals surface area contributed by atoms with Crippen LogP contribution in [0.1, 0.15) is 40.2 Å². The van der Waals surface area contributed by atoms with Gasteiger partial charge in [-0.3, -0.25) is 4.79 Å². The Bertz CT molecular complexity index is 1650. The third-order valence-corrected chi connectivity index (χ3v) is 8.83. The molecule has 0 spiro atoms. The summed E-state index contributed by atoms with van der Waals surface area (Å²) in [6, 6.07) is 13.7. The summed E-state index contributed by atoms with van der Waals surface area (Å²) >= 11 is 0. The molecule has 1 N–H and O–H groups in total. The fourth-order valence-electron chi connectivity index (χ4n) is 5.05. The lowest BCUT2D eigenvalue weighted by Gasteiger charge is -2.28. The van der Waals surface area contributed by atoms with Crippen LogP contribution >= 0.6 is 0 Å². The molecule has 200 valence electrons. The number of ether oxygens (including phenoxy) is 1. The van der Waals surface area contributed by atoms with E-state index < -0.39 is 15.9 Å². The minimum atomic E-state index is -3.77. The number of hydrogen-bond donors (Lipinski definition) is 1. The second kappa shape index (κ2) is 10.2. The van der Waals surface area contributed by atoms with Crippen LogP contribution in [0.4, 0.5) is 5.82 Å². The van der Waals surface area contributed by atoms with Crippen molar-refractivity contribution in [2.45, 2.75) is 43.8 Å². The molecule has 2 aliphatic heterocycles. The molecule has 6 rings (SSSR count). The number of benzene rings is 1. The van der Waals surface area contributed by atoms with E-state index >= 15 is 0 Å². The van der Waals surface area contributed by atoms with Crippen molar-refractivity contribution in [1.82, 2.24) is 29.0 Å². The highest BCUT2D eigenvalue weighted by atomic mass is 32.2. The van der Waals surface area contributed by atoms with Crippen molar-refractivity contribution >= 4 is 21.7 Å². The number of nitrogens with one attached hydrogen (secondary N) is 1. The van der Waals surface area contributed by atoms with Crippen LogP contribution in [0.2, 0.25) is 0 Å². The zero-order valence-electron chi connectivity index (χ0n) is 21.4. The van der Waals surface area contributed by atoms with Crippen LogP contribution in [0.5, 0.6) is 5.75 Å². The molecule has 0 fully saturated rings. The number of methoxy groups -OCH3 is 1. The van der Waals surface area contributed by atoms with Crippen molar-refractivity contribution in [1.29, 1.82) is 0 Å². The number of sulfonamides is 1. The minimum Gasteiger partial charge on any atom is -0.496 e. The molecule has 0 atom stereocenters. The van der Waals surface area contributed by atoms with Crippen molar-refractivity contribution in [3.63, 3.8) is 0 Å². The van der Waals surface area contributed by atoms with Gasteiger partial charge < -0.3 is 14.6 Å². The summed E-state index contributed by atoms with van der Waals surface area (Å²) in [4.78, 5) is 22.0. The van der Waals surface area contributed by atoms with Crippen molar-refractivity contribution in [2.24, 2.45) is 0 Å². The molecular formula is C27H27N7O4S. The Hall–Kier alpha value is -4.16. The number of anilines is 1. The van der Waals surface area contributed by atoms with Gasteiger partial charge in [-0.15, -0.1) is 10.2 Å². The van der Waals surface area contributed by atoms with Crippen LogP contribution in [0.25, 0.3) is 11.5 Å².